The molecule has 1 aromatic carbocycles. The summed E-state index contributed by atoms with van der Waals surface area (Å²) in [7, 11) is 3.19. The van der Waals surface area contributed by atoms with Gasteiger partial charge in [-0.25, -0.2) is 0 Å². The van der Waals surface area contributed by atoms with Crippen molar-refractivity contribution in [3.8, 4) is 11.5 Å². The lowest BCUT2D eigenvalue weighted by Crippen LogP contribution is -2.22. The Balaban J connectivity index is 3.15. The quantitative estimate of drug-likeness (QED) is 0.860. The Morgan fingerprint density at radius 3 is 2.32 bits per heavy atom. The van der Waals surface area contributed by atoms with Crippen molar-refractivity contribution >= 4 is 5.97 Å². The highest BCUT2D eigenvalue weighted by Crippen LogP contribution is 2.31. The fourth-order valence-electron chi connectivity index (χ4n) is 2.14. The molecule has 0 saturated heterocycles. The van der Waals surface area contributed by atoms with E-state index in [-0.39, 0.29) is 5.92 Å². The van der Waals surface area contributed by atoms with Gasteiger partial charge in [0.2, 0.25) is 0 Å². The summed E-state index contributed by atoms with van der Waals surface area (Å²) in [6, 6.07) is 3.69. The van der Waals surface area contributed by atoms with Crippen LogP contribution in [0.25, 0.3) is 0 Å². The number of carboxylic acid groups (broad SMARTS) is 1. The number of carboxylic acids is 1. The van der Waals surface area contributed by atoms with E-state index in [0.29, 0.717) is 12.2 Å². The van der Waals surface area contributed by atoms with Gasteiger partial charge in [-0.15, -0.1) is 0 Å². The Bertz CT molecular complexity index is 452. The van der Waals surface area contributed by atoms with Gasteiger partial charge in [0.25, 0.3) is 0 Å². The minimum absolute atomic E-state index is 0.0729. The van der Waals surface area contributed by atoms with Crippen LogP contribution < -0.4 is 9.47 Å². The number of aryl methyl sites for hydroxylation is 1. The highest BCUT2D eigenvalue weighted by molar-refractivity contribution is 5.71. The molecule has 0 aliphatic carbocycles. The average molecular weight is 266 g/mol. The van der Waals surface area contributed by atoms with E-state index >= 15 is 0 Å². The zero-order valence-corrected chi connectivity index (χ0v) is 12.2. The maximum absolute atomic E-state index is 11.3. The summed E-state index contributed by atoms with van der Waals surface area (Å²) < 4.78 is 10.6. The molecule has 0 aromatic heterocycles. The van der Waals surface area contributed by atoms with Crippen LogP contribution in [-0.4, -0.2) is 25.3 Å². The smallest absolute Gasteiger partial charge is 0.307 e. The van der Waals surface area contributed by atoms with E-state index in [4.69, 9.17) is 9.47 Å². The molecular weight excluding hydrogens is 244 g/mol. The van der Waals surface area contributed by atoms with Gasteiger partial charge in [0.15, 0.2) is 0 Å². The van der Waals surface area contributed by atoms with E-state index in [0.717, 1.165) is 16.9 Å². The Hall–Kier alpha value is -1.71. The molecule has 0 amide bonds. The normalized spacial score (nSPS) is 12.3. The molecule has 106 valence electrons. The summed E-state index contributed by atoms with van der Waals surface area (Å²) >= 11 is 0. The van der Waals surface area contributed by atoms with Gasteiger partial charge >= 0.3 is 5.97 Å². The Kier molecular flexibility index (Phi) is 5.21. The molecule has 0 heterocycles. The van der Waals surface area contributed by atoms with Crippen molar-refractivity contribution in [1.82, 2.24) is 0 Å². The number of hydrogen-bond acceptors (Lipinski definition) is 3. The van der Waals surface area contributed by atoms with Crippen molar-refractivity contribution < 1.29 is 19.4 Å². The summed E-state index contributed by atoms with van der Waals surface area (Å²) in [5, 5.41) is 9.29. The molecule has 19 heavy (non-hydrogen) atoms. The molecule has 0 bridgehead atoms. The van der Waals surface area contributed by atoms with E-state index in [1.54, 1.807) is 20.3 Å². The molecule has 0 aliphatic rings. The lowest BCUT2D eigenvalue weighted by Gasteiger charge is -2.20. The molecule has 1 atom stereocenters. The summed E-state index contributed by atoms with van der Waals surface area (Å²) in [6.45, 7) is 5.79. The fourth-order valence-corrected chi connectivity index (χ4v) is 2.14. The molecule has 1 N–H and O–H groups in total. The maximum Gasteiger partial charge on any atom is 0.307 e. The standard InChI is InChI=1S/C15H22O4/c1-9(2)12(15(16)17)8-13-10(3)6-11(18-4)7-14(13)19-5/h6-7,9,12H,8H2,1-5H3,(H,16,17). The van der Waals surface area contributed by atoms with E-state index in [9.17, 15) is 9.90 Å². The number of benzene rings is 1. The van der Waals surface area contributed by atoms with Crippen LogP contribution in [0.4, 0.5) is 0 Å². The second kappa shape index (κ2) is 6.45. The minimum atomic E-state index is -0.771. The third-order valence-corrected chi connectivity index (χ3v) is 3.41. The van der Waals surface area contributed by atoms with Crippen LogP contribution >= 0.6 is 0 Å². The van der Waals surface area contributed by atoms with E-state index in [1.165, 1.54) is 0 Å². The van der Waals surface area contributed by atoms with Crippen LogP contribution in [0, 0.1) is 18.8 Å². The van der Waals surface area contributed by atoms with Crippen molar-refractivity contribution in [3.63, 3.8) is 0 Å². The van der Waals surface area contributed by atoms with Gasteiger partial charge in [-0.1, -0.05) is 13.8 Å². The van der Waals surface area contributed by atoms with Crippen molar-refractivity contribution in [3.05, 3.63) is 23.3 Å². The number of ether oxygens (including phenoxy) is 2. The molecule has 0 spiro atoms. The summed E-state index contributed by atoms with van der Waals surface area (Å²) in [5.74, 6) is 0.287. The zero-order chi connectivity index (χ0) is 14.6. The summed E-state index contributed by atoms with van der Waals surface area (Å²) in [6.07, 6.45) is 0.464. The fraction of sp³-hybridized carbons (Fsp3) is 0.533. The van der Waals surface area contributed by atoms with E-state index in [2.05, 4.69) is 0 Å². The minimum Gasteiger partial charge on any atom is -0.497 e. The summed E-state index contributed by atoms with van der Waals surface area (Å²) in [5.41, 5.74) is 1.92. The molecule has 0 saturated carbocycles. The zero-order valence-electron chi connectivity index (χ0n) is 12.2. The van der Waals surface area contributed by atoms with Crippen molar-refractivity contribution in [2.75, 3.05) is 14.2 Å². The van der Waals surface area contributed by atoms with Gasteiger partial charge in [0.05, 0.1) is 20.1 Å². The number of carbonyl (C=O) groups is 1. The lowest BCUT2D eigenvalue weighted by atomic mass is 9.87. The molecule has 4 nitrogen and oxygen atoms in total. The van der Waals surface area contributed by atoms with Crippen LogP contribution in [0.2, 0.25) is 0 Å². The third-order valence-electron chi connectivity index (χ3n) is 3.41. The first-order valence-corrected chi connectivity index (χ1v) is 6.35. The van der Waals surface area contributed by atoms with Crippen LogP contribution in [0.3, 0.4) is 0 Å². The first-order valence-electron chi connectivity index (χ1n) is 6.35. The largest absolute Gasteiger partial charge is 0.497 e. The molecule has 0 aliphatic heterocycles. The predicted molar refractivity (Wildman–Crippen MR) is 74.0 cm³/mol. The monoisotopic (exact) mass is 266 g/mol. The summed E-state index contributed by atoms with van der Waals surface area (Å²) in [4.78, 5) is 11.3. The number of aliphatic carboxylic acids is 1. The molecule has 1 aromatic rings. The average Bonchev–Trinajstić information content (AvgIpc) is 2.35. The van der Waals surface area contributed by atoms with Gasteiger partial charge in [0, 0.05) is 6.07 Å². The molecule has 4 heteroatoms. The number of rotatable bonds is 6. The molecular formula is C15H22O4. The Morgan fingerprint density at radius 2 is 1.89 bits per heavy atom. The first kappa shape index (κ1) is 15.3. The second-order valence-corrected chi connectivity index (χ2v) is 5.02. The van der Waals surface area contributed by atoms with Crippen molar-refractivity contribution in [2.45, 2.75) is 27.2 Å². The number of hydrogen-bond donors (Lipinski definition) is 1. The SMILES string of the molecule is COc1cc(C)c(CC(C(=O)O)C(C)C)c(OC)c1. The van der Waals surface area contributed by atoms with Crippen molar-refractivity contribution in [2.24, 2.45) is 11.8 Å². The molecule has 0 fully saturated rings. The van der Waals surface area contributed by atoms with Crippen LogP contribution in [0.15, 0.2) is 12.1 Å². The predicted octanol–water partition coefficient (Wildman–Crippen LogP) is 2.91. The van der Waals surface area contributed by atoms with Gasteiger partial charge in [0.1, 0.15) is 11.5 Å². The lowest BCUT2D eigenvalue weighted by molar-refractivity contribution is -0.143. The maximum atomic E-state index is 11.3. The van der Waals surface area contributed by atoms with E-state index < -0.39 is 11.9 Å². The van der Waals surface area contributed by atoms with Crippen molar-refractivity contribution in [1.29, 1.82) is 0 Å². The molecule has 1 rings (SSSR count). The van der Waals surface area contributed by atoms with Gasteiger partial charge in [-0.3, -0.25) is 4.79 Å². The Morgan fingerprint density at radius 1 is 1.26 bits per heavy atom. The van der Waals surface area contributed by atoms with Gasteiger partial charge in [-0.05, 0) is 36.5 Å². The number of methoxy groups -OCH3 is 2. The Labute approximate surface area is 114 Å². The first-order chi connectivity index (χ1) is 8.90. The van der Waals surface area contributed by atoms with Gasteiger partial charge in [-0.2, -0.15) is 0 Å². The highest BCUT2D eigenvalue weighted by Gasteiger charge is 2.24. The second-order valence-electron chi connectivity index (χ2n) is 5.02. The van der Waals surface area contributed by atoms with Crippen LogP contribution in [0.1, 0.15) is 25.0 Å². The van der Waals surface area contributed by atoms with Crippen LogP contribution in [-0.2, 0) is 11.2 Å². The van der Waals surface area contributed by atoms with E-state index in [1.807, 2.05) is 26.8 Å². The molecule has 1 unspecified atom stereocenters. The van der Waals surface area contributed by atoms with Gasteiger partial charge < -0.3 is 14.6 Å². The topological polar surface area (TPSA) is 55.8 Å². The van der Waals surface area contributed by atoms with Crippen LogP contribution in [0.5, 0.6) is 11.5 Å². The molecule has 0 radical (unpaired) electrons. The third kappa shape index (κ3) is 3.63. The highest BCUT2D eigenvalue weighted by atomic mass is 16.5.